The van der Waals surface area contributed by atoms with Gasteiger partial charge in [-0.2, -0.15) is 0 Å². The van der Waals surface area contributed by atoms with Crippen molar-refractivity contribution in [1.29, 1.82) is 0 Å². The van der Waals surface area contributed by atoms with Gasteiger partial charge in [-0.1, -0.05) is 19.1 Å². The second-order valence-corrected chi connectivity index (χ2v) is 4.01. The van der Waals surface area contributed by atoms with Crippen molar-refractivity contribution >= 4 is 21.6 Å². The van der Waals surface area contributed by atoms with Gasteiger partial charge in [-0.25, -0.2) is 4.98 Å². The van der Waals surface area contributed by atoms with E-state index in [4.69, 9.17) is 0 Å². The summed E-state index contributed by atoms with van der Waals surface area (Å²) in [6, 6.07) is 7.95. The molecule has 0 spiro atoms. The SMILES string of the molecule is CC[C@@H](O)c1nc2ccccc2s1. The minimum atomic E-state index is -0.405. The Hall–Kier alpha value is -0.930. The molecule has 0 saturated carbocycles. The van der Waals surface area contributed by atoms with Crippen molar-refractivity contribution in [3.05, 3.63) is 29.3 Å². The van der Waals surface area contributed by atoms with E-state index in [0.29, 0.717) is 0 Å². The smallest absolute Gasteiger partial charge is 0.122 e. The molecule has 1 N–H and O–H groups in total. The fourth-order valence-corrected chi connectivity index (χ4v) is 2.24. The Balaban J connectivity index is 2.49. The van der Waals surface area contributed by atoms with Crippen molar-refractivity contribution in [2.75, 3.05) is 0 Å². The zero-order valence-corrected chi connectivity index (χ0v) is 8.21. The van der Waals surface area contributed by atoms with Gasteiger partial charge in [-0.05, 0) is 18.6 Å². The highest BCUT2D eigenvalue weighted by Gasteiger charge is 2.10. The molecule has 0 aliphatic heterocycles. The first-order valence-electron chi connectivity index (χ1n) is 4.35. The summed E-state index contributed by atoms with van der Waals surface area (Å²) in [7, 11) is 0. The summed E-state index contributed by atoms with van der Waals surface area (Å²) in [6.45, 7) is 1.96. The van der Waals surface area contributed by atoms with Crippen LogP contribution >= 0.6 is 11.3 Å². The largest absolute Gasteiger partial charge is 0.386 e. The van der Waals surface area contributed by atoms with Crippen molar-refractivity contribution in [3.8, 4) is 0 Å². The molecule has 0 aliphatic carbocycles. The molecule has 0 radical (unpaired) electrons. The lowest BCUT2D eigenvalue weighted by Gasteiger charge is -2.00. The van der Waals surface area contributed by atoms with Crippen LogP contribution in [0, 0.1) is 0 Å². The molecular weight excluding hydrogens is 182 g/mol. The molecule has 1 aromatic carbocycles. The lowest BCUT2D eigenvalue weighted by atomic mass is 10.3. The van der Waals surface area contributed by atoms with Gasteiger partial charge < -0.3 is 5.11 Å². The maximum Gasteiger partial charge on any atom is 0.122 e. The van der Waals surface area contributed by atoms with Crippen molar-refractivity contribution in [3.63, 3.8) is 0 Å². The molecule has 0 unspecified atom stereocenters. The molecule has 2 rings (SSSR count). The summed E-state index contributed by atoms with van der Waals surface area (Å²) < 4.78 is 1.14. The van der Waals surface area contributed by atoms with E-state index in [1.54, 1.807) is 11.3 Å². The first kappa shape index (κ1) is 8.66. The van der Waals surface area contributed by atoms with E-state index in [1.165, 1.54) is 0 Å². The standard InChI is InChI=1S/C10H11NOS/c1-2-8(12)10-11-7-5-3-4-6-9(7)13-10/h3-6,8,12H,2H2,1H3/t8-/m1/s1. The first-order valence-corrected chi connectivity index (χ1v) is 5.16. The molecular formula is C10H11NOS. The number of aliphatic hydroxyl groups is 1. The van der Waals surface area contributed by atoms with Crippen LogP contribution in [0.4, 0.5) is 0 Å². The molecule has 0 aliphatic rings. The molecule has 0 fully saturated rings. The van der Waals surface area contributed by atoms with E-state index < -0.39 is 6.10 Å². The third kappa shape index (κ3) is 1.57. The number of rotatable bonds is 2. The zero-order chi connectivity index (χ0) is 9.26. The Morgan fingerprint density at radius 2 is 2.23 bits per heavy atom. The number of thiazole rings is 1. The van der Waals surface area contributed by atoms with E-state index in [0.717, 1.165) is 21.6 Å². The molecule has 68 valence electrons. The highest BCUT2D eigenvalue weighted by atomic mass is 32.1. The number of hydrogen-bond acceptors (Lipinski definition) is 3. The van der Waals surface area contributed by atoms with Crippen LogP contribution in [-0.4, -0.2) is 10.1 Å². The Bertz CT molecular complexity index is 377. The summed E-state index contributed by atoms with van der Waals surface area (Å²) in [6.07, 6.45) is 0.317. The molecule has 1 heterocycles. The van der Waals surface area contributed by atoms with Gasteiger partial charge in [0.15, 0.2) is 0 Å². The van der Waals surface area contributed by atoms with Crippen LogP contribution in [0.15, 0.2) is 24.3 Å². The van der Waals surface area contributed by atoms with Gasteiger partial charge in [-0.3, -0.25) is 0 Å². The molecule has 3 heteroatoms. The predicted octanol–water partition coefficient (Wildman–Crippen LogP) is 2.74. The molecule has 2 nitrogen and oxygen atoms in total. The van der Waals surface area contributed by atoms with Crippen molar-refractivity contribution < 1.29 is 5.11 Å². The van der Waals surface area contributed by atoms with Crippen LogP contribution in [0.3, 0.4) is 0 Å². The fraction of sp³-hybridized carbons (Fsp3) is 0.300. The average Bonchev–Trinajstić information content (AvgIpc) is 2.59. The third-order valence-corrected chi connectivity index (χ3v) is 3.12. The zero-order valence-electron chi connectivity index (χ0n) is 7.40. The fourth-order valence-electron chi connectivity index (χ4n) is 1.21. The molecule has 13 heavy (non-hydrogen) atoms. The Kier molecular flexibility index (Phi) is 2.29. The molecule has 0 bridgehead atoms. The Morgan fingerprint density at radius 3 is 2.92 bits per heavy atom. The van der Waals surface area contributed by atoms with Crippen LogP contribution < -0.4 is 0 Å². The van der Waals surface area contributed by atoms with Crippen molar-refractivity contribution in [2.45, 2.75) is 19.4 Å². The Morgan fingerprint density at radius 1 is 1.46 bits per heavy atom. The van der Waals surface area contributed by atoms with Gasteiger partial charge in [0.25, 0.3) is 0 Å². The number of nitrogens with zero attached hydrogens (tertiary/aromatic N) is 1. The van der Waals surface area contributed by atoms with Gasteiger partial charge in [0.05, 0.1) is 10.2 Å². The summed E-state index contributed by atoms with van der Waals surface area (Å²) in [4.78, 5) is 4.35. The van der Waals surface area contributed by atoms with E-state index in [9.17, 15) is 5.11 Å². The van der Waals surface area contributed by atoms with Gasteiger partial charge in [0, 0.05) is 0 Å². The van der Waals surface area contributed by atoms with Gasteiger partial charge in [0.1, 0.15) is 11.1 Å². The second-order valence-electron chi connectivity index (χ2n) is 2.94. The van der Waals surface area contributed by atoms with Crippen LogP contribution in [-0.2, 0) is 0 Å². The normalized spacial score (nSPS) is 13.4. The van der Waals surface area contributed by atoms with Gasteiger partial charge >= 0.3 is 0 Å². The van der Waals surface area contributed by atoms with E-state index in [2.05, 4.69) is 4.98 Å². The summed E-state index contributed by atoms with van der Waals surface area (Å²) in [5.41, 5.74) is 0.981. The number of aromatic nitrogens is 1. The summed E-state index contributed by atoms with van der Waals surface area (Å²) in [5.74, 6) is 0. The summed E-state index contributed by atoms with van der Waals surface area (Å²) >= 11 is 1.57. The molecule has 1 aromatic heterocycles. The van der Waals surface area contributed by atoms with Gasteiger partial charge in [-0.15, -0.1) is 11.3 Å². The van der Waals surface area contributed by atoms with Crippen molar-refractivity contribution in [2.24, 2.45) is 0 Å². The van der Waals surface area contributed by atoms with E-state index in [-0.39, 0.29) is 0 Å². The Labute approximate surface area is 80.9 Å². The quantitative estimate of drug-likeness (QED) is 0.795. The predicted molar refractivity (Wildman–Crippen MR) is 54.9 cm³/mol. The van der Waals surface area contributed by atoms with Crippen LogP contribution in [0.5, 0.6) is 0 Å². The van der Waals surface area contributed by atoms with Crippen LogP contribution in [0.1, 0.15) is 24.5 Å². The molecule has 2 aromatic rings. The lowest BCUT2D eigenvalue weighted by molar-refractivity contribution is 0.173. The monoisotopic (exact) mass is 193 g/mol. The van der Waals surface area contributed by atoms with E-state index in [1.807, 2.05) is 31.2 Å². The highest BCUT2D eigenvalue weighted by Crippen LogP contribution is 2.27. The van der Waals surface area contributed by atoms with Crippen LogP contribution in [0.2, 0.25) is 0 Å². The second kappa shape index (κ2) is 3.44. The molecule has 0 amide bonds. The minimum absolute atomic E-state index is 0.405. The van der Waals surface area contributed by atoms with E-state index >= 15 is 0 Å². The topological polar surface area (TPSA) is 33.1 Å². The van der Waals surface area contributed by atoms with Crippen molar-refractivity contribution in [1.82, 2.24) is 4.98 Å². The minimum Gasteiger partial charge on any atom is -0.386 e. The number of para-hydroxylation sites is 1. The number of aliphatic hydroxyl groups excluding tert-OH is 1. The number of benzene rings is 1. The molecule has 0 saturated heterocycles. The number of hydrogen-bond donors (Lipinski definition) is 1. The van der Waals surface area contributed by atoms with Crippen LogP contribution in [0.25, 0.3) is 10.2 Å². The number of fused-ring (bicyclic) bond motifs is 1. The highest BCUT2D eigenvalue weighted by molar-refractivity contribution is 7.18. The maximum atomic E-state index is 9.58. The third-order valence-electron chi connectivity index (χ3n) is 1.98. The lowest BCUT2D eigenvalue weighted by Crippen LogP contribution is -1.92. The first-order chi connectivity index (χ1) is 6.31. The maximum absolute atomic E-state index is 9.58. The van der Waals surface area contributed by atoms with Gasteiger partial charge in [0.2, 0.25) is 0 Å². The molecule has 1 atom stereocenters. The average molecular weight is 193 g/mol. The summed E-state index contributed by atoms with van der Waals surface area (Å²) in [5, 5.41) is 10.4.